The number of hydrogen-bond acceptors (Lipinski definition) is 6. The number of carbonyl (C=O) groups is 1. The van der Waals surface area contributed by atoms with Gasteiger partial charge in [0.1, 0.15) is 5.82 Å². The van der Waals surface area contributed by atoms with Crippen molar-refractivity contribution in [1.82, 2.24) is 4.98 Å². The Bertz CT molecular complexity index is 690. The van der Waals surface area contributed by atoms with Crippen molar-refractivity contribution in [3.05, 3.63) is 58.0 Å². The molecule has 8 nitrogen and oxygen atoms in total. The molecular weight excluding hydrogens is 281 g/mol. The highest BCUT2D eigenvalue weighted by Gasteiger charge is 2.15. The number of rotatable bonds is 4. The lowest BCUT2D eigenvalue weighted by molar-refractivity contribution is -0.387. The van der Waals surface area contributed by atoms with Crippen LogP contribution >= 0.6 is 0 Å². The van der Waals surface area contributed by atoms with E-state index in [1.54, 1.807) is 0 Å². The molecular formula is C12H10FN5O3. The van der Waals surface area contributed by atoms with Crippen molar-refractivity contribution in [1.29, 1.82) is 0 Å². The Kier molecular flexibility index (Phi) is 4.05. The molecule has 0 spiro atoms. The highest BCUT2D eigenvalue weighted by Crippen LogP contribution is 2.21. The molecule has 0 saturated carbocycles. The van der Waals surface area contributed by atoms with E-state index in [1.807, 2.05) is 0 Å². The molecule has 2 aromatic rings. The number of nitrogens with two attached hydrogens (primary N) is 1. The second-order valence-electron chi connectivity index (χ2n) is 3.95. The molecule has 21 heavy (non-hydrogen) atoms. The summed E-state index contributed by atoms with van der Waals surface area (Å²) in [6.07, 6.45) is 1.28. The number of aromatic nitrogens is 1. The van der Waals surface area contributed by atoms with Crippen LogP contribution in [0.1, 0.15) is 10.4 Å². The van der Waals surface area contributed by atoms with E-state index in [-0.39, 0.29) is 11.3 Å². The van der Waals surface area contributed by atoms with Gasteiger partial charge in [-0.05, 0) is 18.2 Å². The molecule has 9 heteroatoms. The number of benzene rings is 1. The first-order chi connectivity index (χ1) is 10.0. The number of nitrogens with one attached hydrogen (secondary N) is 2. The summed E-state index contributed by atoms with van der Waals surface area (Å²) in [4.78, 5) is 25.4. The van der Waals surface area contributed by atoms with Gasteiger partial charge >= 0.3 is 5.69 Å². The quantitative estimate of drug-likeness (QED) is 0.447. The monoisotopic (exact) mass is 291 g/mol. The third-order valence-electron chi connectivity index (χ3n) is 2.58. The Hall–Kier alpha value is -3.07. The maximum atomic E-state index is 13.4. The second kappa shape index (κ2) is 5.92. The van der Waals surface area contributed by atoms with Gasteiger partial charge in [-0.1, -0.05) is 0 Å². The van der Waals surface area contributed by atoms with Crippen molar-refractivity contribution in [3.63, 3.8) is 0 Å². The maximum absolute atomic E-state index is 13.4. The molecule has 108 valence electrons. The van der Waals surface area contributed by atoms with Crippen LogP contribution in [0.25, 0.3) is 0 Å². The van der Waals surface area contributed by atoms with Crippen LogP contribution in [-0.2, 0) is 0 Å². The molecule has 1 aromatic heterocycles. The average molecular weight is 291 g/mol. The molecule has 1 heterocycles. The summed E-state index contributed by atoms with van der Waals surface area (Å²) in [6.45, 7) is 0. The highest BCUT2D eigenvalue weighted by molar-refractivity contribution is 6.04. The number of nitro groups is 1. The second-order valence-corrected chi connectivity index (χ2v) is 3.95. The zero-order valence-electron chi connectivity index (χ0n) is 10.5. The zero-order valence-corrected chi connectivity index (χ0v) is 10.5. The van der Waals surface area contributed by atoms with Gasteiger partial charge in [0.2, 0.25) is 5.82 Å². The maximum Gasteiger partial charge on any atom is 0.304 e. The van der Waals surface area contributed by atoms with E-state index in [9.17, 15) is 19.3 Å². The number of amides is 1. The first kappa shape index (κ1) is 14.3. The summed E-state index contributed by atoms with van der Waals surface area (Å²) in [6, 6.07) is 6.05. The lowest BCUT2D eigenvalue weighted by atomic mass is 10.2. The van der Waals surface area contributed by atoms with E-state index < -0.39 is 22.3 Å². The van der Waals surface area contributed by atoms with Crippen LogP contribution < -0.4 is 16.6 Å². The molecule has 0 radical (unpaired) electrons. The van der Waals surface area contributed by atoms with Crippen LogP contribution in [0, 0.1) is 15.9 Å². The Morgan fingerprint density at radius 3 is 2.62 bits per heavy atom. The lowest BCUT2D eigenvalue weighted by Gasteiger charge is -2.06. The normalized spacial score (nSPS) is 10.0. The fourth-order valence-corrected chi connectivity index (χ4v) is 1.55. The topological polar surface area (TPSA) is 123 Å². The molecule has 0 aliphatic heterocycles. The smallest absolute Gasteiger partial charge is 0.304 e. The summed E-state index contributed by atoms with van der Waals surface area (Å²) >= 11 is 0. The van der Waals surface area contributed by atoms with Crippen molar-refractivity contribution in [3.8, 4) is 0 Å². The van der Waals surface area contributed by atoms with E-state index >= 15 is 0 Å². The minimum Gasteiger partial charge on any atom is -0.322 e. The van der Waals surface area contributed by atoms with E-state index in [1.165, 1.54) is 24.4 Å². The Morgan fingerprint density at radius 2 is 2.10 bits per heavy atom. The van der Waals surface area contributed by atoms with Gasteiger partial charge in [0.15, 0.2) is 0 Å². The van der Waals surface area contributed by atoms with Gasteiger partial charge in [0.25, 0.3) is 5.91 Å². The molecule has 0 saturated heterocycles. The van der Waals surface area contributed by atoms with E-state index in [4.69, 9.17) is 5.84 Å². The zero-order chi connectivity index (χ0) is 15.4. The fraction of sp³-hybridized carbons (Fsp3) is 0. The van der Waals surface area contributed by atoms with Crippen LogP contribution in [0.5, 0.6) is 0 Å². The van der Waals surface area contributed by atoms with Gasteiger partial charge in [-0.25, -0.2) is 10.8 Å². The Balaban J connectivity index is 2.15. The number of carbonyl (C=O) groups excluding carboxylic acids is 1. The molecule has 2 rings (SSSR count). The van der Waals surface area contributed by atoms with E-state index in [0.29, 0.717) is 5.82 Å². The van der Waals surface area contributed by atoms with Gasteiger partial charge in [-0.15, -0.1) is 0 Å². The number of nitrogen functional groups attached to an aromatic ring is 1. The third-order valence-corrected chi connectivity index (χ3v) is 2.58. The minimum absolute atomic E-state index is 0.101. The molecule has 1 amide bonds. The first-order valence-electron chi connectivity index (χ1n) is 5.69. The van der Waals surface area contributed by atoms with Crippen LogP contribution in [0.2, 0.25) is 0 Å². The highest BCUT2D eigenvalue weighted by atomic mass is 19.1. The summed E-state index contributed by atoms with van der Waals surface area (Å²) in [5.74, 6) is 3.97. The number of anilines is 2. The number of hydrogen-bond donors (Lipinski definition) is 3. The Labute approximate surface area is 117 Å². The molecule has 4 N–H and O–H groups in total. The van der Waals surface area contributed by atoms with Crippen molar-refractivity contribution in [2.45, 2.75) is 0 Å². The van der Waals surface area contributed by atoms with Gasteiger partial charge < -0.3 is 10.7 Å². The Morgan fingerprint density at radius 1 is 1.33 bits per heavy atom. The predicted octanol–water partition coefficient (Wildman–Crippen LogP) is 1.67. The van der Waals surface area contributed by atoms with Crippen LogP contribution in [0.4, 0.5) is 21.6 Å². The fourth-order valence-electron chi connectivity index (χ4n) is 1.55. The number of hydrazine groups is 1. The summed E-state index contributed by atoms with van der Waals surface area (Å²) in [5, 5.41) is 12.9. The van der Waals surface area contributed by atoms with Crippen molar-refractivity contribution in [2.75, 3.05) is 10.7 Å². The molecule has 0 aliphatic rings. The van der Waals surface area contributed by atoms with Crippen molar-refractivity contribution < 1.29 is 14.1 Å². The third kappa shape index (κ3) is 3.28. The van der Waals surface area contributed by atoms with Gasteiger partial charge in [0, 0.05) is 24.0 Å². The predicted molar refractivity (Wildman–Crippen MR) is 73.1 cm³/mol. The van der Waals surface area contributed by atoms with Gasteiger partial charge in [-0.2, -0.15) is 4.39 Å². The molecule has 0 bridgehead atoms. The summed E-state index contributed by atoms with van der Waals surface area (Å²) < 4.78 is 13.4. The van der Waals surface area contributed by atoms with Crippen LogP contribution in [0.3, 0.4) is 0 Å². The van der Waals surface area contributed by atoms with E-state index in [2.05, 4.69) is 15.7 Å². The molecule has 0 unspecified atom stereocenters. The summed E-state index contributed by atoms with van der Waals surface area (Å²) in [5.41, 5.74) is 1.98. The standard InChI is InChI=1S/C12H10FN5O3/c13-9-5-8(2-3-10(9)18(20)21)16-12(19)7-1-4-11(17-14)15-6-7/h1-6H,14H2,(H,15,17)(H,16,19). The molecule has 0 atom stereocenters. The van der Waals surface area contributed by atoms with E-state index in [0.717, 1.165) is 12.1 Å². The van der Waals surface area contributed by atoms with Crippen LogP contribution in [-0.4, -0.2) is 15.8 Å². The summed E-state index contributed by atoms with van der Waals surface area (Å²) in [7, 11) is 0. The van der Waals surface area contributed by atoms with Gasteiger partial charge in [0.05, 0.1) is 10.5 Å². The van der Waals surface area contributed by atoms with Crippen molar-refractivity contribution >= 4 is 23.1 Å². The van der Waals surface area contributed by atoms with Gasteiger partial charge in [-0.3, -0.25) is 14.9 Å². The number of pyridine rings is 1. The van der Waals surface area contributed by atoms with Crippen LogP contribution in [0.15, 0.2) is 36.5 Å². The minimum atomic E-state index is -1.03. The first-order valence-corrected chi connectivity index (χ1v) is 5.69. The van der Waals surface area contributed by atoms with Crippen molar-refractivity contribution in [2.24, 2.45) is 5.84 Å². The SMILES string of the molecule is NNc1ccc(C(=O)Nc2ccc([N+](=O)[O-])c(F)c2)cn1. The molecule has 0 aliphatic carbocycles. The molecule has 1 aromatic carbocycles. The lowest BCUT2D eigenvalue weighted by Crippen LogP contribution is -2.14. The number of halogens is 1. The number of nitro benzene ring substituents is 1. The largest absolute Gasteiger partial charge is 0.322 e. The number of nitrogens with zero attached hydrogens (tertiary/aromatic N) is 2. The molecule has 0 fully saturated rings. The average Bonchev–Trinajstić information content (AvgIpc) is 2.47.